The summed E-state index contributed by atoms with van der Waals surface area (Å²) in [5.41, 5.74) is 6.92. The van der Waals surface area contributed by atoms with Gasteiger partial charge in [-0.15, -0.1) is 0 Å². The maximum atomic E-state index is 14.0. The molecule has 1 atom stereocenters. The lowest BCUT2D eigenvalue weighted by molar-refractivity contribution is 0.309. The smallest absolute Gasteiger partial charge is 0.132 e. The highest BCUT2D eigenvalue weighted by Gasteiger charge is 2.21. The molecular formula is C14H21FN2. The third-order valence-corrected chi connectivity index (χ3v) is 3.72. The maximum absolute atomic E-state index is 14.0. The van der Waals surface area contributed by atoms with Crippen molar-refractivity contribution in [3.8, 4) is 0 Å². The van der Waals surface area contributed by atoms with E-state index in [0.717, 1.165) is 31.1 Å². The lowest BCUT2D eigenvalue weighted by Gasteiger charge is -2.17. The Hall–Kier alpha value is -0.930. The van der Waals surface area contributed by atoms with E-state index in [0.29, 0.717) is 5.56 Å². The molecule has 1 aromatic rings. The van der Waals surface area contributed by atoms with Gasteiger partial charge in [0.2, 0.25) is 0 Å². The Bertz CT molecular complexity index is 378. The fourth-order valence-corrected chi connectivity index (χ4v) is 2.54. The summed E-state index contributed by atoms with van der Waals surface area (Å²) in [7, 11) is 0. The van der Waals surface area contributed by atoms with Crippen LogP contribution < -0.4 is 5.73 Å². The van der Waals surface area contributed by atoms with Gasteiger partial charge in [0.15, 0.2) is 0 Å². The molecule has 1 aromatic carbocycles. The Morgan fingerprint density at radius 3 is 2.82 bits per heavy atom. The molecule has 0 saturated carbocycles. The Morgan fingerprint density at radius 2 is 2.18 bits per heavy atom. The van der Waals surface area contributed by atoms with E-state index in [-0.39, 0.29) is 12.4 Å². The molecule has 0 spiro atoms. The first-order valence-corrected chi connectivity index (χ1v) is 6.43. The van der Waals surface area contributed by atoms with Crippen LogP contribution in [0.25, 0.3) is 0 Å². The first-order chi connectivity index (χ1) is 8.24. The van der Waals surface area contributed by atoms with Gasteiger partial charge >= 0.3 is 0 Å². The van der Waals surface area contributed by atoms with Gasteiger partial charge in [0.1, 0.15) is 5.82 Å². The van der Waals surface area contributed by atoms with E-state index in [9.17, 15) is 4.39 Å². The minimum Gasteiger partial charge on any atom is -0.326 e. The van der Waals surface area contributed by atoms with Crippen molar-refractivity contribution in [2.75, 3.05) is 13.1 Å². The van der Waals surface area contributed by atoms with Gasteiger partial charge in [-0.1, -0.05) is 31.5 Å². The van der Waals surface area contributed by atoms with E-state index in [1.165, 1.54) is 12.8 Å². The third-order valence-electron chi connectivity index (χ3n) is 3.72. The Morgan fingerprint density at radius 1 is 1.41 bits per heavy atom. The van der Waals surface area contributed by atoms with Gasteiger partial charge in [-0.05, 0) is 18.9 Å². The minimum atomic E-state index is -0.116. The minimum absolute atomic E-state index is 0.116. The van der Waals surface area contributed by atoms with Gasteiger partial charge in [-0.3, -0.25) is 4.90 Å². The molecule has 94 valence electrons. The number of halogens is 1. The first kappa shape index (κ1) is 12.5. The zero-order valence-corrected chi connectivity index (χ0v) is 10.5. The number of hydrogen-bond acceptors (Lipinski definition) is 2. The molecule has 1 fully saturated rings. The second-order valence-electron chi connectivity index (χ2n) is 4.89. The second-order valence-corrected chi connectivity index (χ2v) is 4.89. The molecule has 0 aliphatic carbocycles. The van der Waals surface area contributed by atoms with Crippen LogP contribution in [0.1, 0.15) is 30.9 Å². The quantitative estimate of drug-likeness (QED) is 0.870. The standard InChI is InChI=1S/C14H21FN2/c1-2-11-6-7-17(9-11)10-13-5-3-4-12(8-16)14(13)15/h3-5,11H,2,6-10,16H2,1H3. The van der Waals surface area contributed by atoms with Gasteiger partial charge < -0.3 is 5.73 Å². The normalized spacial score (nSPS) is 21.0. The molecule has 0 aromatic heterocycles. The summed E-state index contributed by atoms with van der Waals surface area (Å²) < 4.78 is 14.0. The third kappa shape index (κ3) is 2.85. The molecule has 1 saturated heterocycles. The molecule has 1 aliphatic rings. The molecule has 3 heteroatoms. The van der Waals surface area contributed by atoms with Crippen molar-refractivity contribution in [2.24, 2.45) is 11.7 Å². The predicted octanol–water partition coefficient (Wildman–Crippen LogP) is 2.52. The first-order valence-electron chi connectivity index (χ1n) is 6.43. The fourth-order valence-electron chi connectivity index (χ4n) is 2.54. The van der Waals surface area contributed by atoms with Crippen LogP contribution in [0.5, 0.6) is 0 Å². The van der Waals surface area contributed by atoms with Crippen LogP contribution in [0, 0.1) is 11.7 Å². The summed E-state index contributed by atoms with van der Waals surface area (Å²) in [4.78, 5) is 2.34. The van der Waals surface area contributed by atoms with Gasteiger partial charge in [-0.25, -0.2) is 4.39 Å². The molecule has 1 unspecified atom stereocenters. The van der Waals surface area contributed by atoms with Crippen LogP contribution in [0.3, 0.4) is 0 Å². The molecule has 2 N–H and O–H groups in total. The van der Waals surface area contributed by atoms with E-state index in [1.807, 2.05) is 12.1 Å². The van der Waals surface area contributed by atoms with Crippen LogP contribution in [-0.4, -0.2) is 18.0 Å². The summed E-state index contributed by atoms with van der Waals surface area (Å²) in [6.07, 6.45) is 2.47. The molecule has 1 heterocycles. The molecule has 0 radical (unpaired) electrons. The number of likely N-dealkylation sites (tertiary alicyclic amines) is 1. The topological polar surface area (TPSA) is 29.3 Å². The number of rotatable bonds is 4. The van der Waals surface area contributed by atoms with E-state index < -0.39 is 0 Å². The number of nitrogens with two attached hydrogens (primary N) is 1. The van der Waals surface area contributed by atoms with E-state index in [1.54, 1.807) is 6.07 Å². The zero-order valence-electron chi connectivity index (χ0n) is 10.5. The van der Waals surface area contributed by atoms with Crippen molar-refractivity contribution in [3.63, 3.8) is 0 Å². The Kier molecular flexibility index (Phi) is 4.13. The van der Waals surface area contributed by atoms with Crippen molar-refractivity contribution >= 4 is 0 Å². The molecular weight excluding hydrogens is 215 g/mol. The molecule has 0 bridgehead atoms. The van der Waals surface area contributed by atoms with E-state index in [4.69, 9.17) is 5.73 Å². The van der Waals surface area contributed by atoms with Crippen molar-refractivity contribution in [1.82, 2.24) is 4.90 Å². The number of hydrogen-bond donors (Lipinski definition) is 1. The summed E-state index contributed by atoms with van der Waals surface area (Å²) in [6, 6.07) is 5.53. The van der Waals surface area contributed by atoms with E-state index in [2.05, 4.69) is 11.8 Å². The molecule has 2 rings (SSSR count). The fraction of sp³-hybridized carbons (Fsp3) is 0.571. The average molecular weight is 236 g/mol. The summed E-state index contributed by atoms with van der Waals surface area (Å²) >= 11 is 0. The predicted molar refractivity (Wildman–Crippen MR) is 68.0 cm³/mol. The second kappa shape index (κ2) is 5.61. The average Bonchev–Trinajstić information content (AvgIpc) is 2.79. The molecule has 2 nitrogen and oxygen atoms in total. The highest BCUT2D eigenvalue weighted by Crippen LogP contribution is 2.22. The molecule has 17 heavy (non-hydrogen) atoms. The van der Waals surface area contributed by atoms with E-state index >= 15 is 0 Å². The summed E-state index contributed by atoms with van der Waals surface area (Å²) in [5.74, 6) is 0.672. The van der Waals surface area contributed by atoms with Crippen LogP contribution in [0.4, 0.5) is 4.39 Å². The SMILES string of the molecule is CCC1CCN(Cc2cccc(CN)c2F)C1. The monoisotopic (exact) mass is 236 g/mol. The number of benzene rings is 1. The highest BCUT2D eigenvalue weighted by molar-refractivity contribution is 5.25. The van der Waals surface area contributed by atoms with Crippen molar-refractivity contribution in [2.45, 2.75) is 32.9 Å². The van der Waals surface area contributed by atoms with Gasteiger partial charge in [0.25, 0.3) is 0 Å². The summed E-state index contributed by atoms with van der Waals surface area (Å²) in [6.45, 7) is 5.41. The lowest BCUT2D eigenvalue weighted by atomic mass is 10.1. The Labute approximate surface area is 103 Å². The largest absolute Gasteiger partial charge is 0.326 e. The maximum Gasteiger partial charge on any atom is 0.132 e. The zero-order chi connectivity index (χ0) is 12.3. The summed E-state index contributed by atoms with van der Waals surface area (Å²) in [5, 5.41) is 0. The van der Waals surface area contributed by atoms with Gasteiger partial charge in [0, 0.05) is 30.8 Å². The van der Waals surface area contributed by atoms with Crippen LogP contribution in [0.15, 0.2) is 18.2 Å². The highest BCUT2D eigenvalue weighted by atomic mass is 19.1. The number of nitrogens with zero attached hydrogens (tertiary/aromatic N) is 1. The van der Waals surface area contributed by atoms with Crippen LogP contribution in [0.2, 0.25) is 0 Å². The molecule has 0 amide bonds. The van der Waals surface area contributed by atoms with Crippen LogP contribution >= 0.6 is 0 Å². The Balaban J connectivity index is 2.04. The molecule has 1 aliphatic heterocycles. The van der Waals surface area contributed by atoms with Gasteiger partial charge in [-0.2, -0.15) is 0 Å². The van der Waals surface area contributed by atoms with Crippen molar-refractivity contribution in [1.29, 1.82) is 0 Å². The van der Waals surface area contributed by atoms with Crippen molar-refractivity contribution in [3.05, 3.63) is 35.1 Å². The van der Waals surface area contributed by atoms with Crippen molar-refractivity contribution < 1.29 is 4.39 Å². The van der Waals surface area contributed by atoms with Gasteiger partial charge in [0.05, 0.1) is 0 Å². The lowest BCUT2D eigenvalue weighted by Crippen LogP contribution is -2.21. The van der Waals surface area contributed by atoms with Crippen LogP contribution in [-0.2, 0) is 13.1 Å².